The highest BCUT2D eigenvalue weighted by molar-refractivity contribution is 5.82. The SMILES string of the molecule is O=[N+]([O-])c1ccc2ccn(C3CCCCO3)c2c1. The normalized spacial score (nSPS) is 20.1. The third-order valence-corrected chi connectivity index (χ3v) is 3.38. The predicted octanol–water partition coefficient (Wildman–Crippen LogP) is 3.25. The number of nitrogens with zero attached hydrogens (tertiary/aromatic N) is 2. The van der Waals surface area contributed by atoms with Gasteiger partial charge in [0.15, 0.2) is 0 Å². The molecule has 0 spiro atoms. The van der Waals surface area contributed by atoms with Crippen LogP contribution >= 0.6 is 0 Å². The number of rotatable bonds is 2. The Morgan fingerprint density at radius 1 is 1.33 bits per heavy atom. The van der Waals surface area contributed by atoms with E-state index in [-0.39, 0.29) is 16.8 Å². The van der Waals surface area contributed by atoms with Crippen LogP contribution in [0.15, 0.2) is 30.5 Å². The van der Waals surface area contributed by atoms with Gasteiger partial charge in [0.2, 0.25) is 0 Å². The van der Waals surface area contributed by atoms with Crippen LogP contribution in [0.2, 0.25) is 0 Å². The maximum atomic E-state index is 10.8. The van der Waals surface area contributed by atoms with E-state index in [4.69, 9.17) is 4.74 Å². The van der Waals surface area contributed by atoms with Crippen LogP contribution in [0.25, 0.3) is 10.9 Å². The van der Waals surface area contributed by atoms with Gasteiger partial charge < -0.3 is 9.30 Å². The molecule has 2 aromatic rings. The van der Waals surface area contributed by atoms with Crippen LogP contribution in [-0.4, -0.2) is 16.1 Å². The van der Waals surface area contributed by atoms with E-state index in [0.717, 1.165) is 36.8 Å². The quantitative estimate of drug-likeness (QED) is 0.603. The summed E-state index contributed by atoms with van der Waals surface area (Å²) in [6.07, 6.45) is 5.16. The number of hydrogen-bond donors (Lipinski definition) is 0. The largest absolute Gasteiger partial charge is 0.358 e. The van der Waals surface area contributed by atoms with E-state index in [1.54, 1.807) is 12.1 Å². The third kappa shape index (κ3) is 1.86. The van der Waals surface area contributed by atoms with E-state index in [0.29, 0.717) is 0 Å². The van der Waals surface area contributed by atoms with Crippen molar-refractivity contribution in [3.8, 4) is 0 Å². The van der Waals surface area contributed by atoms with Gasteiger partial charge in [0.25, 0.3) is 5.69 Å². The Hall–Kier alpha value is -1.88. The van der Waals surface area contributed by atoms with Crippen LogP contribution in [0.4, 0.5) is 5.69 Å². The molecule has 1 saturated heterocycles. The van der Waals surface area contributed by atoms with Gasteiger partial charge in [-0.2, -0.15) is 0 Å². The lowest BCUT2D eigenvalue weighted by Gasteiger charge is -2.24. The number of non-ortho nitro benzene ring substituents is 1. The molecule has 0 amide bonds. The molecule has 94 valence electrons. The molecule has 1 atom stereocenters. The zero-order chi connectivity index (χ0) is 12.5. The fourth-order valence-electron chi connectivity index (χ4n) is 2.45. The van der Waals surface area contributed by atoms with Gasteiger partial charge in [-0.1, -0.05) is 0 Å². The molecule has 0 radical (unpaired) electrons. The number of nitro groups is 1. The number of benzene rings is 1. The Kier molecular flexibility index (Phi) is 2.76. The van der Waals surface area contributed by atoms with Gasteiger partial charge in [0.05, 0.1) is 10.4 Å². The Morgan fingerprint density at radius 2 is 2.22 bits per heavy atom. The standard InChI is InChI=1S/C13H14N2O3/c16-15(17)11-5-4-10-6-7-14(12(10)9-11)13-3-1-2-8-18-13/h4-7,9,13H,1-3,8H2. The second kappa shape index (κ2) is 4.42. The van der Waals surface area contributed by atoms with Crippen LogP contribution in [0.1, 0.15) is 25.5 Å². The molecule has 1 aliphatic rings. The molecule has 0 aliphatic carbocycles. The van der Waals surface area contributed by atoms with E-state index in [9.17, 15) is 10.1 Å². The topological polar surface area (TPSA) is 57.3 Å². The summed E-state index contributed by atoms with van der Waals surface area (Å²) in [7, 11) is 0. The molecule has 3 rings (SSSR count). The summed E-state index contributed by atoms with van der Waals surface area (Å²) in [5.41, 5.74) is 0.995. The average Bonchev–Trinajstić information content (AvgIpc) is 2.82. The Morgan fingerprint density at radius 3 is 2.94 bits per heavy atom. The van der Waals surface area contributed by atoms with Gasteiger partial charge >= 0.3 is 0 Å². The molecular weight excluding hydrogens is 232 g/mol. The van der Waals surface area contributed by atoms with Gasteiger partial charge in [-0.25, -0.2) is 0 Å². The Balaban J connectivity index is 2.05. The molecule has 5 heteroatoms. The van der Waals surface area contributed by atoms with Gasteiger partial charge in [0.1, 0.15) is 6.23 Å². The molecule has 1 aromatic carbocycles. The van der Waals surface area contributed by atoms with Gasteiger partial charge in [-0.05, 0) is 31.4 Å². The number of nitro benzene ring substituents is 1. The molecular formula is C13H14N2O3. The van der Waals surface area contributed by atoms with Crippen molar-refractivity contribution in [3.63, 3.8) is 0 Å². The van der Waals surface area contributed by atoms with Gasteiger partial charge in [-0.15, -0.1) is 0 Å². The van der Waals surface area contributed by atoms with Crippen LogP contribution < -0.4 is 0 Å². The van der Waals surface area contributed by atoms with E-state index in [2.05, 4.69) is 0 Å². The van der Waals surface area contributed by atoms with Crippen LogP contribution in [0.3, 0.4) is 0 Å². The first-order chi connectivity index (χ1) is 8.75. The van der Waals surface area contributed by atoms with Crippen molar-refractivity contribution in [1.29, 1.82) is 0 Å². The summed E-state index contributed by atoms with van der Waals surface area (Å²) in [5, 5.41) is 11.8. The molecule has 0 N–H and O–H groups in total. The minimum Gasteiger partial charge on any atom is -0.358 e. The monoisotopic (exact) mass is 246 g/mol. The lowest BCUT2D eigenvalue weighted by atomic mass is 10.2. The summed E-state index contributed by atoms with van der Waals surface area (Å²) in [5.74, 6) is 0. The lowest BCUT2D eigenvalue weighted by molar-refractivity contribution is -0.384. The highest BCUT2D eigenvalue weighted by Gasteiger charge is 2.18. The molecule has 1 aromatic heterocycles. The number of aromatic nitrogens is 1. The van der Waals surface area contributed by atoms with Crippen molar-refractivity contribution in [1.82, 2.24) is 4.57 Å². The molecule has 2 heterocycles. The fraction of sp³-hybridized carbons (Fsp3) is 0.385. The second-order valence-corrected chi connectivity index (χ2v) is 4.54. The highest BCUT2D eigenvalue weighted by Crippen LogP contribution is 2.29. The maximum Gasteiger partial charge on any atom is 0.271 e. The summed E-state index contributed by atoms with van der Waals surface area (Å²) in [4.78, 5) is 10.5. The summed E-state index contributed by atoms with van der Waals surface area (Å²) in [6, 6.07) is 6.91. The number of fused-ring (bicyclic) bond motifs is 1. The first kappa shape index (κ1) is 11.2. The molecule has 0 saturated carbocycles. The molecule has 5 nitrogen and oxygen atoms in total. The molecule has 18 heavy (non-hydrogen) atoms. The average molecular weight is 246 g/mol. The molecule has 1 aliphatic heterocycles. The summed E-state index contributed by atoms with van der Waals surface area (Å²) in [6.45, 7) is 0.763. The van der Waals surface area contributed by atoms with Gasteiger partial charge in [-0.3, -0.25) is 10.1 Å². The Labute approximate surface area is 104 Å². The van der Waals surface area contributed by atoms with Crippen molar-refractivity contribution >= 4 is 16.6 Å². The minimum atomic E-state index is -0.363. The van der Waals surface area contributed by atoms with Gasteiger partial charge in [0, 0.05) is 30.3 Å². The molecule has 0 bridgehead atoms. The zero-order valence-corrected chi connectivity index (χ0v) is 9.91. The third-order valence-electron chi connectivity index (χ3n) is 3.38. The van der Waals surface area contributed by atoms with E-state index >= 15 is 0 Å². The van der Waals surface area contributed by atoms with Crippen molar-refractivity contribution in [2.24, 2.45) is 0 Å². The Bertz CT molecular complexity index is 585. The predicted molar refractivity (Wildman–Crippen MR) is 67.4 cm³/mol. The number of hydrogen-bond acceptors (Lipinski definition) is 3. The molecule has 1 fully saturated rings. The summed E-state index contributed by atoms with van der Waals surface area (Å²) >= 11 is 0. The minimum absolute atomic E-state index is 0.0123. The van der Waals surface area contributed by atoms with Crippen molar-refractivity contribution in [3.05, 3.63) is 40.6 Å². The number of ether oxygens (including phenoxy) is 1. The summed E-state index contributed by atoms with van der Waals surface area (Å²) < 4.78 is 7.73. The van der Waals surface area contributed by atoms with Crippen LogP contribution in [0.5, 0.6) is 0 Å². The molecule has 1 unspecified atom stereocenters. The maximum absolute atomic E-state index is 10.8. The lowest BCUT2D eigenvalue weighted by Crippen LogP contribution is -2.17. The first-order valence-electron chi connectivity index (χ1n) is 6.12. The zero-order valence-electron chi connectivity index (χ0n) is 9.91. The smallest absolute Gasteiger partial charge is 0.271 e. The van der Waals surface area contributed by atoms with Crippen LogP contribution in [0, 0.1) is 10.1 Å². The van der Waals surface area contributed by atoms with Crippen molar-refractivity contribution < 1.29 is 9.66 Å². The van der Waals surface area contributed by atoms with Crippen molar-refractivity contribution in [2.75, 3.05) is 6.61 Å². The highest BCUT2D eigenvalue weighted by atomic mass is 16.6. The van der Waals surface area contributed by atoms with E-state index in [1.165, 1.54) is 6.07 Å². The van der Waals surface area contributed by atoms with E-state index < -0.39 is 0 Å². The van der Waals surface area contributed by atoms with E-state index in [1.807, 2.05) is 16.8 Å². The van der Waals surface area contributed by atoms with Crippen molar-refractivity contribution in [2.45, 2.75) is 25.5 Å². The fourth-order valence-corrected chi connectivity index (χ4v) is 2.45. The first-order valence-corrected chi connectivity index (χ1v) is 6.12. The second-order valence-electron chi connectivity index (χ2n) is 4.54. The van der Waals surface area contributed by atoms with Crippen LogP contribution in [-0.2, 0) is 4.74 Å².